The topological polar surface area (TPSA) is 97.4 Å². The molecule has 2 amide bonds. The number of pyridine rings is 1. The number of rotatable bonds is 7. The number of anilines is 2. The van der Waals surface area contributed by atoms with Crippen LogP contribution in [-0.4, -0.2) is 29.9 Å². The van der Waals surface area contributed by atoms with Crippen LogP contribution in [0.1, 0.15) is 28.4 Å². The number of hydrogen-bond donors (Lipinski definition) is 2. The summed E-state index contributed by atoms with van der Waals surface area (Å²) in [5.41, 5.74) is 4.02. The maximum absolute atomic E-state index is 12.3. The first-order chi connectivity index (χ1) is 15.4. The van der Waals surface area contributed by atoms with E-state index in [1.807, 2.05) is 36.4 Å². The van der Waals surface area contributed by atoms with Crippen molar-refractivity contribution in [2.75, 3.05) is 17.7 Å². The molecule has 0 saturated carbocycles. The van der Waals surface area contributed by atoms with Gasteiger partial charge in [0.1, 0.15) is 0 Å². The zero-order chi connectivity index (χ0) is 22.9. The van der Waals surface area contributed by atoms with Gasteiger partial charge in [0.25, 0.3) is 5.91 Å². The van der Waals surface area contributed by atoms with Crippen LogP contribution in [-0.2, 0) is 20.7 Å². The third-order valence-electron chi connectivity index (χ3n) is 4.65. The van der Waals surface area contributed by atoms with E-state index in [0.29, 0.717) is 16.9 Å². The van der Waals surface area contributed by atoms with Crippen LogP contribution in [0.15, 0.2) is 84.7 Å². The molecule has 0 aliphatic carbocycles. The van der Waals surface area contributed by atoms with Crippen molar-refractivity contribution in [1.29, 1.82) is 0 Å². The maximum Gasteiger partial charge on any atom is 0.337 e. The van der Waals surface area contributed by atoms with E-state index >= 15 is 0 Å². The quantitative estimate of drug-likeness (QED) is 0.437. The number of nitrogens with one attached hydrogen (secondary N) is 2. The Morgan fingerprint density at radius 3 is 2.03 bits per heavy atom. The summed E-state index contributed by atoms with van der Waals surface area (Å²) in [6, 6.07) is 17.7. The van der Waals surface area contributed by atoms with Crippen molar-refractivity contribution >= 4 is 29.2 Å². The molecule has 0 radical (unpaired) electrons. The van der Waals surface area contributed by atoms with Crippen LogP contribution in [0.4, 0.5) is 11.4 Å². The average molecular weight is 429 g/mol. The van der Waals surface area contributed by atoms with Gasteiger partial charge in [0.15, 0.2) is 0 Å². The zero-order valence-electron chi connectivity index (χ0n) is 17.8. The maximum atomic E-state index is 12.3. The second kappa shape index (κ2) is 10.7. The van der Waals surface area contributed by atoms with Gasteiger partial charge in [0.2, 0.25) is 5.91 Å². The smallest absolute Gasteiger partial charge is 0.337 e. The second-order valence-electron chi connectivity index (χ2n) is 7.07. The summed E-state index contributed by atoms with van der Waals surface area (Å²) in [4.78, 5) is 40.1. The van der Waals surface area contributed by atoms with Crippen LogP contribution in [0.25, 0.3) is 0 Å². The van der Waals surface area contributed by atoms with Crippen LogP contribution in [0.2, 0.25) is 0 Å². The molecule has 162 valence electrons. The second-order valence-corrected chi connectivity index (χ2v) is 7.07. The molecule has 1 aromatic heterocycles. The molecule has 2 aromatic carbocycles. The first-order valence-electron chi connectivity index (χ1n) is 9.91. The van der Waals surface area contributed by atoms with Crippen molar-refractivity contribution in [2.45, 2.75) is 13.3 Å². The zero-order valence-corrected chi connectivity index (χ0v) is 17.8. The Labute approximate surface area is 186 Å². The number of carbonyl (C=O) groups excluding carboxylic acids is 3. The van der Waals surface area contributed by atoms with Gasteiger partial charge in [-0.2, -0.15) is 0 Å². The van der Waals surface area contributed by atoms with Crippen molar-refractivity contribution in [3.63, 3.8) is 0 Å². The number of carbonyl (C=O) groups is 3. The highest BCUT2D eigenvalue weighted by atomic mass is 16.5. The molecule has 3 aromatic rings. The lowest BCUT2D eigenvalue weighted by atomic mass is 10.1. The summed E-state index contributed by atoms with van der Waals surface area (Å²) in [5, 5.41) is 5.43. The SMILES string of the molecule is COC(=O)c1ccc(NC(=O)/C(C)=C/C(=O)Nc2ccc(Cc3ccncc3)cc2)cc1. The van der Waals surface area contributed by atoms with Crippen LogP contribution < -0.4 is 10.6 Å². The van der Waals surface area contributed by atoms with Crippen molar-refractivity contribution in [3.8, 4) is 0 Å². The lowest BCUT2D eigenvalue weighted by Crippen LogP contribution is -2.16. The van der Waals surface area contributed by atoms with Gasteiger partial charge in [-0.15, -0.1) is 0 Å². The van der Waals surface area contributed by atoms with E-state index < -0.39 is 17.8 Å². The van der Waals surface area contributed by atoms with Gasteiger partial charge in [-0.3, -0.25) is 14.6 Å². The Morgan fingerprint density at radius 1 is 0.844 bits per heavy atom. The van der Waals surface area contributed by atoms with Crippen molar-refractivity contribution in [1.82, 2.24) is 4.98 Å². The Morgan fingerprint density at radius 2 is 1.41 bits per heavy atom. The minimum Gasteiger partial charge on any atom is -0.465 e. The fourth-order valence-electron chi connectivity index (χ4n) is 2.92. The lowest BCUT2D eigenvalue weighted by Gasteiger charge is -2.08. The van der Waals surface area contributed by atoms with Gasteiger partial charge in [-0.05, 0) is 73.0 Å². The summed E-state index contributed by atoms with van der Waals surface area (Å²) in [5.74, 6) is -1.28. The van der Waals surface area contributed by atoms with E-state index in [1.54, 1.807) is 43.6 Å². The Kier molecular flexibility index (Phi) is 7.48. The van der Waals surface area contributed by atoms with E-state index in [0.717, 1.165) is 17.5 Å². The molecule has 0 atom stereocenters. The van der Waals surface area contributed by atoms with Crippen LogP contribution in [0.5, 0.6) is 0 Å². The number of aromatic nitrogens is 1. The van der Waals surface area contributed by atoms with Crippen LogP contribution >= 0.6 is 0 Å². The number of esters is 1. The molecule has 0 unspecified atom stereocenters. The Bertz CT molecular complexity index is 1120. The molecule has 0 aliphatic heterocycles. The van der Waals surface area contributed by atoms with Gasteiger partial charge in [0.05, 0.1) is 12.7 Å². The molecular weight excluding hydrogens is 406 g/mol. The minimum atomic E-state index is -0.457. The molecule has 2 N–H and O–H groups in total. The summed E-state index contributed by atoms with van der Waals surface area (Å²) < 4.78 is 4.64. The molecule has 0 aliphatic rings. The van der Waals surface area contributed by atoms with Crippen molar-refractivity contribution in [2.24, 2.45) is 0 Å². The molecule has 7 heteroatoms. The fraction of sp³-hybridized carbons (Fsp3) is 0.120. The highest BCUT2D eigenvalue weighted by Gasteiger charge is 2.09. The molecule has 0 saturated heterocycles. The number of amides is 2. The van der Waals surface area contributed by atoms with Crippen molar-refractivity contribution < 1.29 is 19.1 Å². The van der Waals surface area contributed by atoms with E-state index in [-0.39, 0.29) is 5.57 Å². The summed E-state index contributed by atoms with van der Waals surface area (Å²) in [7, 11) is 1.30. The summed E-state index contributed by atoms with van der Waals surface area (Å²) >= 11 is 0. The van der Waals surface area contributed by atoms with Gasteiger partial charge in [-0.25, -0.2) is 4.79 Å². The van der Waals surface area contributed by atoms with Crippen LogP contribution in [0, 0.1) is 0 Å². The minimum absolute atomic E-state index is 0.244. The van der Waals surface area contributed by atoms with E-state index in [1.165, 1.54) is 13.2 Å². The van der Waals surface area contributed by atoms with Crippen molar-refractivity contribution in [3.05, 3.63) is 101 Å². The van der Waals surface area contributed by atoms with Gasteiger partial charge in [-0.1, -0.05) is 12.1 Å². The number of methoxy groups -OCH3 is 1. The van der Waals surface area contributed by atoms with E-state index in [9.17, 15) is 14.4 Å². The van der Waals surface area contributed by atoms with E-state index in [4.69, 9.17) is 0 Å². The Balaban J connectivity index is 1.55. The van der Waals surface area contributed by atoms with Gasteiger partial charge >= 0.3 is 5.97 Å². The monoisotopic (exact) mass is 429 g/mol. The lowest BCUT2D eigenvalue weighted by molar-refractivity contribution is -0.114. The van der Waals surface area contributed by atoms with E-state index in [2.05, 4.69) is 20.4 Å². The third-order valence-corrected chi connectivity index (χ3v) is 4.65. The molecule has 7 nitrogen and oxygen atoms in total. The third kappa shape index (κ3) is 6.37. The van der Waals surface area contributed by atoms with Crippen LogP contribution in [0.3, 0.4) is 0 Å². The molecule has 32 heavy (non-hydrogen) atoms. The molecule has 0 fully saturated rings. The molecule has 1 heterocycles. The van der Waals surface area contributed by atoms with Gasteiger partial charge < -0.3 is 15.4 Å². The average Bonchev–Trinajstić information content (AvgIpc) is 2.81. The first kappa shape index (κ1) is 22.4. The molecular formula is C25H23N3O4. The largest absolute Gasteiger partial charge is 0.465 e. The summed E-state index contributed by atoms with van der Waals surface area (Å²) in [6.07, 6.45) is 5.53. The molecule has 3 rings (SSSR count). The number of ether oxygens (including phenoxy) is 1. The molecule has 0 spiro atoms. The number of nitrogens with zero attached hydrogens (tertiary/aromatic N) is 1. The number of hydrogen-bond acceptors (Lipinski definition) is 5. The summed E-state index contributed by atoms with van der Waals surface area (Å²) in [6.45, 7) is 1.55. The normalized spacial score (nSPS) is 10.9. The first-order valence-corrected chi connectivity index (χ1v) is 9.91. The standard InChI is InChI=1S/C25H23N3O4/c1-17(24(30)28-22-9-5-20(6-10-22)25(31)32-2)15-23(29)27-21-7-3-18(4-8-21)16-19-11-13-26-14-12-19/h3-15H,16H2,1-2H3,(H,27,29)(H,28,30)/b17-15+. The fourth-order valence-corrected chi connectivity index (χ4v) is 2.92. The van der Waals surface area contributed by atoms with Gasteiger partial charge in [0, 0.05) is 35.4 Å². The molecule has 0 bridgehead atoms. The highest BCUT2D eigenvalue weighted by Crippen LogP contribution is 2.14. The Hall–Kier alpha value is -4.26. The predicted octanol–water partition coefficient (Wildman–Crippen LogP) is 3.98. The number of benzene rings is 2. The highest BCUT2D eigenvalue weighted by molar-refractivity contribution is 6.10. The predicted molar refractivity (Wildman–Crippen MR) is 122 cm³/mol.